The summed E-state index contributed by atoms with van der Waals surface area (Å²) >= 11 is 0. The van der Waals surface area contributed by atoms with Crippen LogP contribution in [0.25, 0.3) is 0 Å². The summed E-state index contributed by atoms with van der Waals surface area (Å²) in [4.78, 5) is 10.5. The van der Waals surface area contributed by atoms with Crippen molar-refractivity contribution in [3.8, 4) is 0 Å². The van der Waals surface area contributed by atoms with Gasteiger partial charge in [0.25, 0.3) is 0 Å². The maximum Gasteiger partial charge on any atom is 0.223 e. The van der Waals surface area contributed by atoms with Crippen molar-refractivity contribution >= 4 is 5.91 Å². The number of amides is 1. The van der Waals surface area contributed by atoms with Crippen LogP contribution in [0.3, 0.4) is 0 Å². The topological polar surface area (TPSA) is 63.3 Å². The monoisotopic (exact) mass is 130 g/mol. The van der Waals surface area contributed by atoms with Gasteiger partial charge in [-0.25, -0.2) is 0 Å². The molecule has 0 aromatic heterocycles. The molecule has 0 aromatic carbocycles. The molecule has 3 heteroatoms. The number of hydrogen-bond acceptors (Lipinski definition) is 2. The molecule has 0 saturated carbocycles. The smallest absolute Gasteiger partial charge is 0.223 e. The minimum absolute atomic E-state index is 0.115. The van der Waals surface area contributed by atoms with Gasteiger partial charge in [-0.3, -0.25) is 4.79 Å². The second-order valence-corrected chi connectivity index (χ2v) is 2.47. The second kappa shape index (κ2) is 2.82. The van der Waals surface area contributed by atoms with Crippen molar-refractivity contribution in [2.24, 2.45) is 11.1 Å². The van der Waals surface area contributed by atoms with Crippen LogP contribution < -0.4 is 5.73 Å². The molecule has 53 valence electrons. The van der Waals surface area contributed by atoms with Crippen LogP contribution in [-0.2, 0) is 4.79 Å². The fourth-order valence-electron chi connectivity index (χ4n) is 0.329. The quantitative estimate of drug-likeness (QED) is 0.550. The van der Waals surface area contributed by atoms with Crippen molar-refractivity contribution in [1.29, 1.82) is 0 Å². The summed E-state index contributed by atoms with van der Waals surface area (Å²) < 4.78 is 0. The van der Waals surface area contributed by atoms with Gasteiger partial charge in [0, 0.05) is 18.4 Å². The third-order valence-electron chi connectivity index (χ3n) is 1.24. The highest BCUT2D eigenvalue weighted by molar-refractivity contribution is 5.81. The first-order chi connectivity index (χ1) is 4.00. The molecule has 0 unspecified atom stereocenters. The predicted octanol–water partition coefficient (Wildman–Crippen LogP) is -0.306. The molecule has 0 rings (SSSR count). The highest BCUT2D eigenvalue weighted by Gasteiger charge is 2.23. The van der Waals surface area contributed by atoms with Crippen LogP contribution in [0.2, 0.25) is 0 Å². The van der Waals surface area contributed by atoms with Gasteiger partial charge in [-0.2, -0.15) is 0 Å². The van der Waals surface area contributed by atoms with E-state index in [-0.39, 0.29) is 6.61 Å². The normalized spacial score (nSPS) is 11.4. The summed E-state index contributed by atoms with van der Waals surface area (Å²) in [5, 5.41) is 8.39. The number of aliphatic hydroxyl groups is 1. The first-order valence-electron chi connectivity index (χ1n) is 2.76. The lowest BCUT2D eigenvalue weighted by Gasteiger charge is -2.17. The first-order valence-corrected chi connectivity index (χ1v) is 2.76. The summed E-state index contributed by atoms with van der Waals surface area (Å²) in [6.45, 7) is 3.20. The van der Waals surface area contributed by atoms with E-state index < -0.39 is 11.3 Å². The Morgan fingerprint density at radius 1 is 1.78 bits per heavy atom. The number of aliphatic hydroxyl groups excluding tert-OH is 1. The number of carbonyl (C=O) groups excluding carboxylic acids is 1. The van der Waals surface area contributed by atoms with Crippen LogP contribution in [0.15, 0.2) is 0 Å². The molecule has 0 bridgehead atoms. The molecule has 1 amide bonds. The molecular formula is C6H12NO2. The van der Waals surface area contributed by atoms with Gasteiger partial charge in [0.1, 0.15) is 0 Å². The summed E-state index contributed by atoms with van der Waals surface area (Å²) in [6, 6.07) is 0. The standard InChI is InChI=1S/C6H12NO2/c1-6(2,3-4-8)5(7)9/h3,8H,4H2,1-2H3,(H2,7,9). The molecule has 0 aliphatic carbocycles. The Morgan fingerprint density at radius 2 is 2.22 bits per heavy atom. The minimum Gasteiger partial charge on any atom is -0.396 e. The molecule has 0 aliphatic heterocycles. The molecule has 0 heterocycles. The van der Waals surface area contributed by atoms with Crippen LogP contribution in [0, 0.1) is 11.8 Å². The van der Waals surface area contributed by atoms with Crippen molar-refractivity contribution in [2.75, 3.05) is 6.61 Å². The van der Waals surface area contributed by atoms with Gasteiger partial charge in [0.05, 0.1) is 0 Å². The molecule has 3 N–H and O–H groups in total. The van der Waals surface area contributed by atoms with Gasteiger partial charge < -0.3 is 10.8 Å². The fraction of sp³-hybridized carbons (Fsp3) is 0.667. The minimum atomic E-state index is -0.686. The molecular weight excluding hydrogens is 118 g/mol. The number of carbonyl (C=O) groups is 1. The van der Waals surface area contributed by atoms with Gasteiger partial charge in [-0.15, -0.1) is 0 Å². The Morgan fingerprint density at radius 3 is 2.33 bits per heavy atom. The number of nitrogens with two attached hydrogens (primary N) is 1. The van der Waals surface area contributed by atoms with E-state index in [4.69, 9.17) is 10.8 Å². The van der Waals surface area contributed by atoms with Crippen molar-refractivity contribution in [3.05, 3.63) is 6.42 Å². The van der Waals surface area contributed by atoms with Crippen LogP contribution in [0.1, 0.15) is 13.8 Å². The van der Waals surface area contributed by atoms with Crippen LogP contribution in [-0.4, -0.2) is 17.6 Å². The SMILES string of the molecule is CC(C)([CH]CO)C(N)=O. The lowest BCUT2D eigenvalue weighted by molar-refractivity contribution is -0.124. The van der Waals surface area contributed by atoms with Crippen LogP contribution >= 0.6 is 0 Å². The Labute approximate surface area is 54.9 Å². The summed E-state index contributed by atoms with van der Waals surface area (Å²) in [5.41, 5.74) is 4.29. The third-order valence-corrected chi connectivity index (χ3v) is 1.24. The maximum atomic E-state index is 10.5. The van der Waals surface area contributed by atoms with E-state index in [1.165, 1.54) is 6.42 Å². The van der Waals surface area contributed by atoms with E-state index >= 15 is 0 Å². The predicted molar refractivity (Wildman–Crippen MR) is 34.4 cm³/mol. The fourth-order valence-corrected chi connectivity index (χ4v) is 0.329. The summed E-state index contributed by atoms with van der Waals surface area (Å²) in [5.74, 6) is -0.420. The molecule has 0 aromatic rings. The van der Waals surface area contributed by atoms with Crippen molar-refractivity contribution in [2.45, 2.75) is 13.8 Å². The number of rotatable bonds is 3. The largest absolute Gasteiger partial charge is 0.396 e. The summed E-state index contributed by atoms with van der Waals surface area (Å²) in [6.07, 6.45) is 1.47. The zero-order valence-corrected chi connectivity index (χ0v) is 5.72. The van der Waals surface area contributed by atoms with E-state index in [1.54, 1.807) is 13.8 Å². The lowest BCUT2D eigenvalue weighted by Crippen LogP contribution is -2.32. The molecule has 0 atom stereocenters. The van der Waals surface area contributed by atoms with E-state index in [2.05, 4.69) is 0 Å². The van der Waals surface area contributed by atoms with Crippen LogP contribution in [0.5, 0.6) is 0 Å². The molecule has 0 spiro atoms. The highest BCUT2D eigenvalue weighted by atomic mass is 16.3. The van der Waals surface area contributed by atoms with Crippen molar-refractivity contribution < 1.29 is 9.90 Å². The van der Waals surface area contributed by atoms with Gasteiger partial charge in [-0.05, 0) is 0 Å². The maximum absolute atomic E-state index is 10.5. The Kier molecular flexibility index (Phi) is 2.65. The first kappa shape index (κ1) is 8.43. The van der Waals surface area contributed by atoms with Crippen molar-refractivity contribution in [3.63, 3.8) is 0 Å². The van der Waals surface area contributed by atoms with Gasteiger partial charge in [0.15, 0.2) is 0 Å². The Balaban J connectivity index is 3.85. The van der Waals surface area contributed by atoms with E-state index in [0.29, 0.717) is 0 Å². The number of primary amides is 1. The average Bonchev–Trinajstić information content (AvgIpc) is 1.65. The van der Waals surface area contributed by atoms with E-state index in [1.807, 2.05) is 0 Å². The van der Waals surface area contributed by atoms with Crippen LogP contribution in [0.4, 0.5) is 0 Å². The highest BCUT2D eigenvalue weighted by Crippen LogP contribution is 2.16. The second-order valence-electron chi connectivity index (χ2n) is 2.47. The zero-order chi connectivity index (χ0) is 7.49. The van der Waals surface area contributed by atoms with Gasteiger partial charge in [-0.1, -0.05) is 13.8 Å². The average molecular weight is 130 g/mol. The molecule has 0 aliphatic rings. The Hall–Kier alpha value is -0.570. The zero-order valence-electron chi connectivity index (χ0n) is 5.72. The van der Waals surface area contributed by atoms with Crippen molar-refractivity contribution in [1.82, 2.24) is 0 Å². The summed E-state index contributed by atoms with van der Waals surface area (Å²) in [7, 11) is 0. The molecule has 0 fully saturated rings. The number of hydrogen-bond donors (Lipinski definition) is 2. The van der Waals surface area contributed by atoms with E-state index in [9.17, 15) is 4.79 Å². The molecule has 1 radical (unpaired) electrons. The molecule has 0 saturated heterocycles. The Bertz CT molecular complexity index is 110. The molecule has 3 nitrogen and oxygen atoms in total. The third kappa shape index (κ3) is 2.46. The van der Waals surface area contributed by atoms with E-state index in [0.717, 1.165) is 0 Å². The molecule has 9 heavy (non-hydrogen) atoms. The van der Waals surface area contributed by atoms with Gasteiger partial charge >= 0.3 is 0 Å². The lowest BCUT2D eigenvalue weighted by atomic mass is 9.89. The van der Waals surface area contributed by atoms with Gasteiger partial charge in [0.2, 0.25) is 5.91 Å².